The number of benzene rings is 1. The van der Waals surface area contributed by atoms with Gasteiger partial charge in [0.05, 0.1) is 11.4 Å². The quantitative estimate of drug-likeness (QED) is 0.744. The SMILES string of the molecule is Cn1ccsc1=NC(=O)c1cc(C2CC2)nn1-c1ccccc1. The van der Waals surface area contributed by atoms with E-state index in [9.17, 15) is 4.79 Å². The highest BCUT2D eigenvalue weighted by molar-refractivity contribution is 7.07. The van der Waals surface area contributed by atoms with E-state index in [2.05, 4.69) is 10.1 Å². The highest BCUT2D eigenvalue weighted by atomic mass is 32.1. The summed E-state index contributed by atoms with van der Waals surface area (Å²) >= 11 is 1.45. The van der Waals surface area contributed by atoms with Crippen molar-refractivity contribution in [3.05, 3.63) is 64.2 Å². The summed E-state index contributed by atoms with van der Waals surface area (Å²) in [5.74, 6) is 0.232. The average Bonchev–Trinajstić information content (AvgIpc) is 3.20. The molecule has 1 fully saturated rings. The molecule has 6 heteroatoms. The highest BCUT2D eigenvalue weighted by Gasteiger charge is 2.29. The van der Waals surface area contributed by atoms with Crippen molar-refractivity contribution in [3.63, 3.8) is 0 Å². The number of nitrogens with zero attached hydrogens (tertiary/aromatic N) is 4. The van der Waals surface area contributed by atoms with E-state index in [0.717, 1.165) is 24.2 Å². The molecule has 0 bridgehead atoms. The van der Waals surface area contributed by atoms with Gasteiger partial charge in [0.15, 0.2) is 4.80 Å². The number of hydrogen-bond donors (Lipinski definition) is 0. The molecule has 0 N–H and O–H groups in total. The molecule has 1 aliphatic carbocycles. The third-order valence-electron chi connectivity index (χ3n) is 3.90. The minimum absolute atomic E-state index is 0.258. The number of carbonyl (C=O) groups is 1. The van der Waals surface area contributed by atoms with E-state index in [1.807, 2.05) is 59.6 Å². The molecule has 0 saturated heterocycles. The minimum Gasteiger partial charge on any atom is -0.327 e. The Morgan fingerprint density at radius 1 is 1.30 bits per heavy atom. The van der Waals surface area contributed by atoms with Crippen molar-refractivity contribution < 1.29 is 4.79 Å². The molecule has 0 unspecified atom stereocenters. The van der Waals surface area contributed by atoms with Crippen LogP contribution in [0.1, 0.15) is 34.9 Å². The summed E-state index contributed by atoms with van der Waals surface area (Å²) < 4.78 is 3.56. The Morgan fingerprint density at radius 2 is 2.09 bits per heavy atom. The van der Waals surface area contributed by atoms with Gasteiger partial charge in [-0.3, -0.25) is 4.79 Å². The van der Waals surface area contributed by atoms with Crippen molar-refractivity contribution in [1.82, 2.24) is 14.3 Å². The number of hydrogen-bond acceptors (Lipinski definition) is 3. The zero-order valence-corrected chi connectivity index (χ0v) is 13.5. The van der Waals surface area contributed by atoms with Crippen molar-refractivity contribution in [1.29, 1.82) is 0 Å². The molecular formula is C17H16N4OS. The highest BCUT2D eigenvalue weighted by Crippen LogP contribution is 2.39. The molecule has 1 aromatic carbocycles. The van der Waals surface area contributed by atoms with Crippen LogP contribution in [0.2, 0.25) is 0 Å². The number of para-hydroxylation sites is 1. The van der Waals surface area contributed by atoms with E-state index < -0.39 is 0 Å². The lowest BCUT2D eigenvalue weighted by Gasteiger charge is -2.04. The first-order valence-corrected chi connectivity index (χ1v) is 8.45. The molecule has 116 valence electrons. The molecule has 0 atom stereocenters. The second-order valence-electron chi connectivity index (χ2n) is 5.69. The van der Waals surface area contributed by atoms with E-state index in [-0.39, 0.29) is 5.91 Å². The van der Waals surface area contributed by atoms with Gasteiger partial charge in [-0.05, 0) is 31.0 Å². The summed E-state index contributed by atoms with van der Waals surface area (Å²) in [5.41, 5.74) is 2.39. The number of carbonyl (C=O) groups excluding carboxylic acids is 1. The normalized spacial score (nSPS) is 15.1. The van der Waals surface area contributed by atoms with Crippen molar-refractivity contribution in [3.8, 4) is 5.69 Å². The second-order valence-corrected chi connectivity index (χ2v) is 6.56. The maximum atomic E-state index is 12.7. The van der Waals surface area contributed by atoms with E-state index in [4.69, 9.17) is 0 Å². The van der Waals surface area contributed by atoms with Crippen LogP contribution in [0.25, 0.3) is 5.69 Å². The van der Waals surface area contributed by atoms with Gasteiger partial charge in [0, 0.05) is 24.5 Å². The van der Waals surface area contributed by atoms with Crippen LogP contribution in [0.3, 0.4) is 0 Å². The van der Waals surface area contributed by atoms with Gasteiger partial charge in [0.25, 0.3) is 5.91 Å². The number of aryl methyl sites for hydroxylation is 1. The van der Waals surface area contributed by atoms with Crippen LogP contribution in [0, 0.1) is 0 Å². The smallest absolute Gasteiger partial charge is 0.298 e. The van der Waals surface area contributed by atoms with Gasteiger partial charge >= 0.3 is 0 Å². The Labute approximate surface area is 137 Å². The molecule has 2 aromatic heterocycles. The Morgan fingerprint density at radius 3 is 2.74 bits per heavy atom. The maximum Gasteiger partial charge on any atom is 0.298 e. The first-order chi connectivity index (χ1) is 11.2. The summed E-state index contributed by atoms with van der Waals surface area (Å²) in [4.78, 5) is 17.6. The zero-order chi connectivity index (χ0) is 15.8. The summed E-state index contributed by atoms with van der Waals surface area (Å²) in [6.45, 7) is 0. The maximum absolute atomic E-state index is 12.7. The lowest BCUT2D eigenvalue weighted by molar-refractivity contribution is 0.0990. The fourth-order valence-corrected chi connectivity index (χ4v) is 3.20. The molecule has 0 radical (unpaired) electrons. The number of rotatable bonds is 3. The summed E-state index contributed by atoms with van der Waals surface area (Å²) in [6, 6.07) is 11.6. The predicted octanol–water partition coefficient (Wildman–Crippen LogP) is 2.89. The molecule has 5 nitrogen and oxygen atoms in total. The first kappa shape index (κ1) is 14.1. The summed E-state index contributed by atoms with van der Waals surface area (Å²) in [6.07, 6.45) is 4.19. The molecule has 2 heterocycles. The second kappa shape index (κ2) is 5.62. The zero-order valence-electron chi connectivity index (χ0n) is 12.7. The largest absolute Gasteiger partial charge is 0.327 e. The Bertz CT molecular complexity index is 915. The average molecular weight is 324 g/mol. The van der Waals surface area contributed by atoms with E-state index >= 15 is 0 Å². The van der Waals surface area contributed by atoms with Crippen molar-refractivity contribution in [2.24, 2.45) is 12.0 Å². The first-order valence-electron chi connectivity index (χ1n) is 7.57. The van der Waals surface area contributed by atoms with Crippen LogP contribution >= 0.6 is 11.3 Å². The molecular weight excluding hydrogens is 308 g/mol. The van der Waals surface area contributed by atoms with E-state index in [1.54, 1.807) is 4.68 Å². The van der Waals surface area contributed by atoms with E-state index in [0.29, 0.717) is 16.4 Å². The molecule has 1 aliphatic rings. The van der Waals surface area contributed by atoms with Crippen molar-refractivity contribution in [2.75, 3.05) is 0 Å². The number of amides is 1. The standard InChI is InChI=1S/C17H16N4OS/c1-20-9-10-23-17(20)18-16(22)15-11-14(12-7-8-12)19-21(15)13-5-3-2-4-6-13/h2-6,9-12H,7-8H2,1H3. The van der Waals surface area contributed by atoms with Gasteiger partial charge in [0.1, 0.15) is 5.69 Å². The third kappa shape index (κ3) is 2.77. The molecule has 3 aromatic rings. The van der Waals surface area contributed by atoms with Gasteiger partial charge in [-0.25, -0.2) is 4.68 Å². The lowest BCUT2D eigenvalue weighted by Crippen LogP contribution is -2.15. The van der Waals surface area contributed by atoms with Crippen LogP contribution in [0.5, 0.6) is 0 Å². The molecule has 1 amide bonds. The van der Waals surface area contributed by atoms with Crippen LogP contribution in [0.4, 0.5) is 0 Å². The van der Waals surface area contributed by atoms with Gasteiger partial charge in [-0.2, -0.15) is 10.1 Å². The molecule has 4 rings (SSSR count). The Kier molecular flexibility index (Phi) is 3.46. The van der Waals surface area contributed by atoms with Crippen molar-refractivity contribution >= 4 is 17.2 Å². The van der Waals surface area contributed by atoms with Crippen LogP contribution < -0.4 is 4.80 Å². The Balaban J connectivity index is 1.81. The number of aromatic nitrogens is 3. The van der Waals surface area contributed by atoms with Crippen molar-refractivity contribution in [2.45, 2.75) is 18.8 Å². The van der Waals surface area contributed by atoms with Gasteiger partial charge in [-0.1, -0.05) is 18.2 Å². The minimum atomic E-state index is -0.258. The van der Waals surface area contributed by atoms with Crippen LogP contribution in [0.15, 0.2) is 53.0 Å². The van der Waals surface area contributed by atoms with Crippen LogP contribution in [-0.4, -0.2) is 20.3 Å². The Hall–Kier alpha value is -2.47. The molecule has 0 spiro atoms. The summed E-state index contributed by atoms with van der Waals surface area (Å²) in [5, 5.41) is 6.56. The molecule has 0 aliphatic heterocycles. The fourth-order valence-electron chi connectivity index (χ4n) is 2.48. The van der Waals surface area contributed by atoms with Gasteiger partial charge in [-0.15, -0.1) is 11.3 Å². The number of thiazole rings is 1. The predicted molar refractivity (Wildman–Crippen MR) is 88.7 cm³/mol. The van der Waals surface area contributed by atoms with Crippen LogP contribution in [-0.2, 0) is 7.05 Å². The molecule has 1 saturated carbocycles. The van der Waals surface area contributed by atoms with E-state index in [1.165, 1.54) is 11.3 Å². The topological polar surface area (TPSA) is 52.2 Å². The van der Waals surface area contributed by atoms with Gasteiger partial charge in [0.2, 0.25) is 0 Å². The monoisotopic (exact) mass is 324 g/mol. The molecule has 23 heavy (non-hydrogen) atoms. The third-order valence-corrected chi connectivity index (χ3v) is 4.75. The lowest BCUT2D eigenvalue weighted by atomic mass is 10.2. The van der Waals surface area contributed by atoms with Gasteiger partial charge < -0.3 is 4.57 Å². The summed E-state index contributed by atoms with van der Waals surface area (Å²) in [7, 11) is 1.88. The fraction of sp³-hybridized carbons (Fsp3) is 0.235.